The zero-order chi connectivity index (χ0) is 11.2. The third-order valence-electron chi connectivity index (χ3n) is 1.93. The van der Waals surface area contributed by atoms with Crippen molar-refractivity contribution in [1.29, 1.82) is 5.26 Å². The molecule has 0 aliphatic heterocycles. The monoisotopic (exact) mass is 231 g/mol. The first-order valence-electron chi connectivity index (χ1n) is 4.70. The number of hydrogen-bond acceptors (Lipinski definition) is 5. The zero-order valence-electron chi connectivity index (χ0n) is 8.45. The van der Waals surface area contributed by atoms with E-state index in [-0.39, 0.29) is 6.54 Å². The predicted molar refractivity (Wildman–Crippen MR) is 59.4 cm³/mol. The van der Waals surface area contributed by atoms with Gasteiger partial charge in [-0.2, -0.15) is 5.26 Å². The summed E-state index contributed by atoms with van der Waals surface area (Å²) in [5.74, 6) is 0.798. The minimum absolute atomic E-state index is 0.185. The highest BCUT2D eigenvalue weighted by atomic mass is 32.2. The number of nitrogens with zero attached hydrogens (tertiary/aromatic N) is 5. The molecular weight excluding hydrogens is 222 g/mol. The summed E-state index contributed by atoms with van der Waals surface area (Å²) in [7, 11) is 0. The summed E-state index contributed by atoms with van der Waals surface area (Å²) in [6.07, 6.45) is 0. The van der Waals surface area contributed by atoms with Gasteiger partial charge >= 0.3 is 0 Å². The first-order chi connectivity index (χ1) is 7.90. The van der Waals surface area contributed by atoms with Gasteiger partial charge < -0.3 is 0 Å². The van der Waals surface area contributed by atoms with Crippen molar-refractivity contribution < 1.29 is 0 Å². The lowest BCUT2D eigenvalue weighted by atomic mass is 10.2. The van der Waals surface area contributed by atoms with Crippen LogP contribution in [0, 0.1) is 11.3 Å². The maximum absolute atomic E-state index is 8.57. The molecule has 0 radical (unpaired) electrons. The van der Waals surface area contributed by atoms with Gasteiger partial charge in [-0.15, -0.1) is 5.10 Å². The van der Waals surface area contributed by atoms with Gasteiger partial charge in [0.2, 0.25) is 5.16 Å². The standard InChI is InChI=1S/C10H9N5S/c11-6-7-15-10(12-13-14-15)16-8-9-4-2-1-3-5-9/h1-5H,7-8H2. The smallest absolute Gasteiger partial charge is 0.206 e. The fourth-order valence-electron chi connectivity index (χ4n) is 1.19. The second kappa shape index (κ2) is 5.28. The highest BCUT2D eigenvalue weighted by Gasteiger charge is 2.05. The molecule has 2 aromatic rings. The molecule has 0 fully saturated rings. The van der Waals surface area contributed by atoms with Crippen LogP contribution in [0.1, 0.15) is 5.56 Å². The Labute approximate surface area is 97.1 Å². The molecule has 80 valence electrons. The quantitative estimate of drug-likeness (QED) is 0.746. The highest BCUT2D eigenvalue weighted by molar-refractivity contribution is 7.98. The molecule has 0 amide bonds. The molecule has 1 aromatic heterocycles. The molecule has 2 rings (SSSR count). The molecule has 6 heteroatoms. The topological polar surface area (TPSA) is 67.4 Å². The molecule has 0 spiro atoms. The van der Waals surface area contributed by atoms with Crippen molar-refractivity contribution in [3.63, 3.8) is 0 Å². The van der Waals surface area contributed by atoms with Crippen LogP contribution in [0.3, 0.4) is 0 Å². The third kappa shape index (κ3) is 2.58. The van der Waals surface area contributed by atoms with Gasteiger partial charge in [0.25, 0.3) is 0 Å². The summed E-state index contributed by atoms with van der Waals surface area (Å²) in [6.45, 7) is 0.185. The highest BCUT2D eigenvalue weighted by Crippen LogP contribution is 2.19. The molecule has 0 unspecified atom stereocenters. The van der Waals surface area contributed by atoms with Crippen LogP contribution in [0.15, 0.2) is 35.5 Å². The van der Waals surface area contributed by atoms with E-state index in [1.807, 2.05) is 36.4 Å². The molecule has 0 saturated heterocycles. The van der Waals surface area contributed by atoms with E-state index in [4.69, 9.17) is 5.26 Å². The van der Waals surface area contributed by atoms with Crippen LogP contribution in [-0.2, 0) is 12.3 Å². The molecule has 0 atom stereocenters. The van der Waals surface area contributed by atoms with Crippen LogP contribution in [0.5, 0.6) is 0 Å². The summed E-state index contributed by atoms with van der Waals surface area (Å²) < 4.78 is 1.49. The van der Waals surface area contributed by atoms with Gasteiger partial charge in [0.05, 0.1) is 6.07 Å². The minimum Gasteiger partial charge on any atom is -0.206 e. The maximum Gasteiger partial charge on any atom is 0.210 e. The summed E-state index contributed by atoms with van der Waals surface area (Å²) >= 11 is 1.52. The Morgan fingerprint density at radius 2 is 2.12 bits per heavy atom. The van der Waals surface area contributed by atoms with Gasteiger partial charge in [0.15, 0.2) is 0 Å². The van der Waals surface area contributed by atoms with Crippen LogP contribution in [0.25, 0.3) is 0 Å². The lowest BCUT2D eigenvalue weighted by Crippen LogP contribution is -2.00. The SMILES string of the molecule is N#CCn1nnnc1SCc1ccccc1. The van der Waals surface area contributed by atoms with E-state index >= 15 is 0 Å². The number of aromatic nitrogens is 4. The molecule has 0 aliphatic carbocycles. The van der Waals surface area contributed by atoms with Gasteiger partial charge in [0, 0.05) is 5.75 Å². The van der Waals surface area contributed by atoms with Crippen molar-refractivity contribution in [3.05, 3.63) is 35.9 Å². The minimum atomic E-state index is 0.185. The van der Waals surface area contributed by atoms with E-state index in [9.17, 15) is 0 Å². The fourth-order valence-corrected chi connectivity index (χ4v) is 2.02. The largest absolute Gasteiger partial charge is 0.210 e. The van der Waals surface area contributed by atoms with E-state index in [2.05, 4.69) is 15.5 Å². The summed E-state index contributed by atoms with van der Waals surface area (Å²) in [4.78, 5) is 0. The van der Waals surface area contributed by atoms with Crippen LogP contribution in [0.2, 0.25) is 0 Å². The molecular formula is C10H9N5S. The summed E-state index contributed by atoms with van der Waals surface area (Å²) in [5.41, 5.74) is 1.21. The van der Waals surface area contributed by atoms with Crippen LogP contribution >= 0.6 is 11.8 Å². The van der Waals surface area contributed by atoms with Crippen LogP contribution in [0.4, 0.5) is 0 Å². The maximum atomic E-state index is 8.57. The van der Waals surface area contributed by atoms with Crippen molar-refractivity contribution >= 4 is 11.8 Å². The predicted octanol–water partition coefficient (Wildman–Crippen LogP) is 1.49. The number of hydrogen-bond donors (Lipinski definition) is 0. The molecule has 16 heavy (non-hydrogen) atoms. The number of nitriles is 1. The molecule has 0 bridgehead atoms. The first kappa shape index (κ1) is 10.6. The Hall–Kier alpha value is -1.87. The molecule has 1 aromatic carbocycles. The molecule has 0 saturated carbocycles. The van der Waals surface area contributed by atoms with Gasteiger partial charge in [-0.3, -0.25) is 0 Å². The second-order valence-electron chi connectivity index (χ2n) is 3.05. The Bertz CT molecular complexity index is 487. The van der Waals surface area contributed by atoms with Crippen molar-refractivity contribution in [2.45, 2.75) is 17.5 Å². The van der Waals surface area contributed by atoms with E-state index in [0.29, 0.717) is 5.16 Å². The Morgan fingerprint density at radius 3 is 2.88 bits per heavy atom. The number of benzene rings is 1. The average Bonchev–Trinajstić information content (AvgIpc) is 2.76. The Morgan fingerprint density at radius 1 is 1.31 bits per heavy atom. The van der Waals surface area contributed by atoms with E-state index in [1.54, 1.807) is 0 Å². The lowest BCUT2D eigenvalue weighted by Gasteiger charge is -2.00. The summed E-state index contributed by atoms with van der Waals surface area (Å²) in [6, 6.07) is 12.1. The van der Waals surface area contributed by atoms with Gasteiger partial charge in [-0.1, -0.05) is 42.1 Å². The molecule has 5 nitrogen and oxygen atoms in total. The van der Waals surface area contributed by atoms with Crippen molar-refractivity contribution in [1.82, 2.24) is 20.2 Å². The summed E-state index contributed by atoms with van der Waals surface area (Å²) in [5, 5.41) is 20.4. The van der Waals surface area contributed by atoms with E-state index in [0.717, 1.165) is 5.75 Å². The Balaban J connectivity index is 2.00. The molecule has 0 N–H and O–H groups in total. The normalized spacial score (nSPS) is 9.94. The second-order valence-corrected chi connectivity index (χ2v) is 3.99. The van der Waals surface area contributed by atoms with Gasteiger partial charge in [0.1, 0.15) is 6.54 Å². The zero-order valence-corrected chi connectivity index (χ0v) is 9.26. The third-order valence-corrected chi connectivity index (χ3v) is 2.96. The fraction of sp³-hybridized carbons (Fsp3) is 0.200. The van der Waals surface area contributed by atoms with Crippen molar-refractivity contribution in [3.8, 4) is 6.07 Å². The van der Waals surface area contributed by atoms with Crippen molar-refractivity contribution in [2.75, 3.05) is 0 Å². The van der Waals surface area contributed by atoms with E-state index in [1.165, 1.54) is 22.0 Å². The van der Waals surface area contributed by atoms with Crippen LogP contribution in [-0.4, -0.2) is 20.2 Å². The van der Waals surface area contributed by atoms with Gasteiger partial charge in [-0.05, 0) is 16.0 Å². The number of tetrazole rings is 1. The van der Waals surface area contributed by atoms with E-state index < -0.39 is 0 Å². The van der Waals surface area contributed by atoms with Crippen LogP contribution < -0.4 is 0 Å². The molecule has 0 aliphatic rings. The number of thioether (sulfide) groups is 1. The Kier molecular flexibility index (Phi) is 3.51. The number of rotatable bonds is 4. The average molecular weight is 231 g/mol. The molecule has 1 heterocycles. The lowest BCUT2D eigenvalue weighted by molar-refractivity contribution is 0.620. The van der Waals surface area contributed by atoms with Gasteiger partial charge in [-0.25, -0.2) is 4.68 Å². The first-order valence-corrected chi connectivity index (χ1v) is 5.68. The van der Waals surface area contributed by atoms with Crippen molar-refractivity contribution in [2.24, 2.45) is 0 Å².